The first-order valence-corrected chi connectivity index (χ1v) is 22.1. The molecule has 0 amide bonds. The lowest BCUT2D eigenvalue weighted by molar-refractivity contribution is 0.670. The third-order valence-corrected chi connectivity index (χ3v) is 14.0. The van der Waals surface area contributed by atoms with Crippen LogP contribution in [0.3, 0.4) is 0 Å². The molecule has 3 heterocycles. The lowest BCUT2D eigenvalue weighted by atomic mass is 9.67. The smallest absolute Gasteiger partial charge is 0.164 e. The van der Waals surface area contributed by atoms with Gasteiger partial charge in [-0.15, -0.1) is 0 Å². The van der Waals surface area contributed by atoms with E-state index in [1.54, 1.807) is 0 Å². The van der Waals surface area contributed by atoms with E-state index >= 15 is 0 Å². The summed E-state index contributed by atoms with van der Waals surface area (Å²) in [5.74, 6) is 1.85. The van der Waals surface area contributed by atoms with Crippen LogP contribution in [0.5, 0.6) is 0 Å². The van der Waals surface area contributed by atoms with Gasteiger partial charge in [0.15, 0.2) is 17.5 Å². The number of benzene rings is 9. The van der Waals surface area contributed by atoms with Gasteiger partial charge in [0.25, 0.3) is 0 Å². The van der Waals surface area contributed by atoms with Gasteiger partial charge >= 0.3 is 0 Å². The number of para-hydroxylation sites is 2. The molecule has 11 aromatic rings. The van der Waals surface area contributed by atoms with Crippen molar-refractivity contribution in [3.8, 4) is 67.5 Å². The molecule has 0 radical (unpaired) electrons. The zero-order valence-electron chi connectivity index (χ0n) is 33.9. The number of hydrogen-bond acceptors (Lipinski definition) is 5. The zero-order chi connectivity index (χ0) is 41.5. The summed E-state index contributed by atoms with van der Waals surface area (Å²) in [6, 6.07) is 75.6. The molecule has 0 unspecified atom stereocenters. The summed E-state index contributed by atoms with van der Waals surface area (Å²) in [6.07, 6.45) is 0. The van der Waals surface area contributed by atoms with Crippen LogP contribution in [0, 0.1) is 0 Å². The van der Waals surface area contributed by atoms with Gasteiger partial charge in [-0.1, -0.05) is 200 Å². The van der Waals surface area contributed by atoms with E-state index in [1.165, 1.54) is 43.2 Å². The van der Waals surface area contributed by atoms with Gasteiger partial charge in [0.1, 0.15) is 11.2 Å². The van der Waals surface area contributed by atoms with E-state index in [9.17, 15) is 0 Å². The highest BCUT2D eigenvalue weighted by Crippen LogP contribution is 2.62. The summed E-state index contributed by atoms with van der Waals surface area (Å²) in [4.78, 5) is 18.1. The summed E-state index contributed by atoms with van der Waals surface area (Å²) in [5.41, 5.74) is 16.2. The summed E-state index contributed by atoms with van der Waals surface area (Å²) >= 11 is 1.86. The Hall–Kier alpha value is -7.86. The predicted octanol–water partition coefficient (Wildman–Crippen LogP) is 14.9. The van der Waals surface area contributed by atoms with Crippen LogP contribution in [-0.4, -0.2) is 15.0 Å². The standard InChI is InChI=1S/C58H35N3OS/c1-2-15-37(16-3-1)55-59-56(38-31-29-36(30-32-38)41-22-14-23-45-44-20-8-12-27-51(44)62-54(41)45)61-57(60-55)46-21-5-4-17-40(46)39-33-34-53-50(35-39)58(49-26-11-13-28-52(49)63-53)47-24-9-6-18-42(47)43-19-7-10-25-48(43)58/h1-35H. The SMILES string of the molecule is c1ccc(-c2nc(-c3ccc(-c4cccc5c4oc4ccccc45)cc3)nc(-c3ccccc3-c3ccc4c(c3)C3(c5ccccc5S4)c4ccccc4-c4ccccc43)n2)cc1. The normalized spacial score (nSPS) is 13.1. The van der Waals surface area contributed by atoms with Crippen molar-refractivity contribution in [2.45, 2.75) is 15.2 Å². The fourth-order valence-electron chi connectivity index (χ4n) is 10.1. The van der Waals surface area contributed by atoms with Crippen LogP contribution in [0.25, 0.3) is 89.5 Å². The summed E-state index contributed by atoms with van der Waals surface area (Å²) in [6.45, 7) is 0. The Bertz CT molecular complexity index is 3570. The fraction of sp³-hybridized carbons (Fsp3) is 0.0172. The Kier molecular flexibility index (Phi) is 8.02. The molecular formula is C58H35N3OS. The summed E-state index contributed by atoms with van der Waals surface area (Å²) in [5, 5.41) is 2.22. The second kappa shape index (κ2) is 14.1. The first-order valence-electron chi connectivity index (χ1n) is 21.3. The second-order valence-corrected chi connectivity index (χ2v) is 17.3. The Balaban J connectivity index is 0.964. The zero-order valence-corrected chi connectivity index (χ0v) is 34.7. The van der Waals surface area contributed by atoms with Crippen LogP contribution in [-0.2, 0) is 5.41 Å². The molecule has 4 nitrogen and oxygen atoms in total. The maximum atomic E-state index is 6.40. The molecule has 1 aliphatic carbocycles. The molecule has 0 fully saturated rings. The molecule has 0 bridgehead atoms. The number of furan rings is 1. The maximum Gasteiger partial charge on any atom is 0.164 e. The van der Waals surface area contributed by atoms with Crippen molar-refractivity contribution in [1.29, 1.82) is 0 Å². The molecule has 2 aliphatic rings. The average molecular weight is 822 g/mol. The third-order valence-electron chi connectivity index (χ3n) is 12.9. The van der Waals surface area contributed by atoms with Crippen molar-refractivity contribution in [3.05, 3.63) is 235 Å². The molecule has 13 rings (SSSR count). The van der Waals surface area contributed by atoms with Gasteiger partial charge in [0.2, 0.25) is 0 Å². The van der Waals surface area contributed by atoms with Crippen LogP contribution in [0.1, 0.15) is 22.3 Å². The molecule has 9 aromatic carbocycles. The second-order valence-electron chi connectivity index (χ2n) is 16.2. The first-order chi connectivity index (χ1) is 31.2. The summed E-state index contributed by atoms with van der Waals surface area (Å²) < 4.78 is 6.40. The maximum absolute atomic E-state index is 6.40. The monoisotopic (exact) mass is 821 g/mol. The lowest BCUT2D eigenvalue weighted by Crippen LogP contribution is -2.32. The Morgan fingerprint density at radius 2 is 0.857 bits per heavy atom. The molecule has 0 saturated heterocycles. The minimum Gasteiger partial charge on any atom is -0.455 e. The molecule has 0 N–H and O–H groups in total. The number of fused-ring (bicyclic) bond motifs is 12. The van der Waals surface area contributed by atoms with Gasteiger partial charge in [-0.05, 0) is 74.3 Å². The summed E-state index contributed by atoms with van der Waals surface area (Å²) in [7, 11) is 0. The predicted molar refractivity (Wildman–Crippen MR) is 256 cm³/mol. The van der Waals surface area contributed by atoms with Crippen LogP contribution in [0.2, 0.25) is 0 Å². The van der Waals surface area contributed by atoms with Crippen LogP contribution < -0.4 is 0 Å². The Labute approximate surface area is 368 Å². The van der Waals surface area contributed by atoms with E-state index in [-0.39, 0.29) is 0 Å². The van der Waals surface area contributed by atoms with Crippen LogP contribution in [0.4, 0.5) is 0 Å². The largest absolute Gasteiger partial charge is 0.455 e. The molecule has 0 atom stereocenters. The quantitative estimate of drug-likeness (QED) is 0.173. The van der Waals surface area contributed by atoms with Crippen molar-refractivity contribution in [2.75, 3.05) is 0 Å². The molecule has 1 aliphatic heterocycles. The Morgan fingerprint density at radius 3 is 1.62 bits per heavy atom. The molecular weight excluding hydrogens is 787 g/mol. The number of hydrogen-bond donors (Lipinski definition) is 0. The van der Waals surface area contributed by atoms with Crippen molar-refractivity contribution < 1.29 is 4.42 Å². The van der Waals surface area contributed by atoms with Crippen molar-refractivity contribution in [3.63, 3.8) is 0 Å². The van der Waals surface area contributed by atoms with E-state index in [2.05, 4.69) is 182 Å². The minimum atomic E-state index is -0.474. The van der Waals surface area contributed by atoms with Crippen LogP contribution >= 0.6 is 11.8 Å². The average Bonchev–Trinajstić information content (AvgIpc) is 3.88. The van der Waals surface area contributed by atoms with Gasteiger partial charge < -0.3 is 4.42 Å². The molecule has 294 valence electrons. The minimum absolute atomic E-state index is 0.474. The van der Waals surface area contributed by atoms with Crippen LogP contribution in [0.15, 0.2) is 227 Å². The van der Waals surface area contributed by atoms with Gasteiger partial charge in [-0.25, -0.2) is 15.0 Å². The van der Waals surface area contributed by atoms with Gasteiger partial charge in [0.05, 0.1) is 5.41 Å². The molecule has 0 saturated carbocycles. The highest BCUT2D eigenvalue weighted by Gasteiger charge is 2.50. The van der Waals surface area contributed by atoms with Gasteiger partial charge in [-0.3, -0.25) is 0 Å². The van der Waals surface area contributed by atoms with E-state index < -0.39 is 5.41 Å². The number of nitrogens with zero attached hydrogens (tertiary/aromatic N) is 3. The Morgan fingerprint density at radius 1 is 0.333 bits per heavy atom. The van der Waals surface area contributed by atoms with Crippen molar-refractivity contribution in [2.24, 2.45) is 0 Å². The van der Waals surface area contributed by atoms with E-state index in [0.717, 1.165) is 60.9 Å². The molecule has 63 heavy (non-hydrogen) atoms. The third kappa shape index (κ3) is 5.46. The van der Waals surface area contributed by atoms with Gasteiger partial charge in [-0.2, -0.15) is 0 Å². The highest BCUT2D eigenvalue weighted by molar-refractivity contribution is 7.99. The number of rotatable bonds is 5. The first kappa shape index (κ1) is 35.9. The topological polar surface area (TPSA) is 51.8 Å². The van der Waals surface area contributed by atoms with Gasteiger partial charge in [0, 0.05) is 42.8 Å². The fourth-order valence-corrected chi connectivity index (χ4v) is 11.2. The molecule has 2 aromatic heterocycles. The number of aromatic nitrogens is 3. The van der Waals surface area contributed by atoms with Crippen molar-refractivity contribution >= 4 is 33.7 Å². The van der Waals surface area contributed by atoms with E-state index in [4.69, 9.17) is 19.4 Å². The highest BCUT2D eigenvalue weighted by atomic mass is 32.2. The lowest BCUT2D eigenvalue weighted by Gasteiger charge is -2.40. The van der Waals surface area contributed by atoms with E-state index in [1.807, 2.05) is 42.1 Å². The molecule has 1 spiro atoms. The van der Waals surface area contributed by atoms with Crippen molar-refractivity contribution in [1.82, 2.24) is 15.0 Å². The van der Waals surface area contributed by atoms with E-state index in [0.29, 0.717) is 17.5 Å². The molecule has 5 heteroatoms.